The second kappa shape index (κ2) is 8.04. The van der Waals surface area contributed by atoms with Crippen LogP contribution in [0.2, 0.25) is 0 Å². The van der Waals surface area contributed by atoms with E-state index in [0.717, 1.165) is 38.1 Å². The molecule has 20 heavy (non-hydrogen) atoms. The van der Waals surface area contributed by atoms with Crippen LogP contribution >= 0.6 is 0 Å². The Hall–Kier alpha value is -1.36. The first-order chi connectivity index (χ1) is 9.53. The molecule has 1 unspecified atom stereocenters. The molecule has 0 bridgehead atoms. The lowest BCUT2D eigenvalue weighted by molar-refractivity contribution is -0.144. The first-order valence-corrected chi connectivity index (χ1v) is 7.52. The van der Waals surface area contributed by atoms with Crippen LogP contribution in [0.3, 0.4) is 0 Å². The third kappa shape index (κ3) is 4.63. The molecule has 0 aliphatic heterocycles. The minimum absolute atomic E-state index is 0.647. The van der Waals surface area contributed by atoms with E-state index in [1.54, 1.807) is 6.92 Å². The third-order valence-corrected chi connectivity index (χ3v) is 3.64. The van der Waals surface area contributed by atoms with E-state index >= 15 is 0 Å². The highest BCUT2D eigenvalue weighted by atomic mass is 16.4. The number of likely N-dealkylation sites (N-methyl/N-ethyl adjacent to an activating group) is 1. The Bertz CT molecular complexity index is 417. The van der Waals surface area contributed by atoms with Gasteiger partial charge in [0, 0.05) is 25.4 Å². The zero-order valence-corrected chi connectivity index (χ0v) is 12.9. The number of carboxylic acid groups (broad SMARTS) is 1. The Labute approximate surface area is 121 Å². The van der Waals surface area contributed by atoms with Crippen molar-refractivity contribution in [2.75, 3.05) is 6.54 Å². The van der Waals surface area contributed by atoms with E-state index in [0.29, 0.717) is 13.0 Å². The molecular weight excluding hydrogens is 254 g/mol. The molecular formula is C15H27N3O2. The summed E-state index contributed by atoms with van der Waals surface area (Å²) in [5.41, 5.74) is -0.810. The summed E-state index contributed by atoms with van der Waals surface area (Å²) in [4.78, 5) is 15.6. The van der Waals surface area contributed by atoms with Crippen molar-refractivity contribution < 1.29 is 9.90 Å². The van der Waals surface area contributed by atoms with Crippen molar-refractivity contribution in [2.24, 2.45) is 0 Å². The topological polar surface area (TPSA) is 67.2 Å². The van der Waals surface area contributed by atoms with Crippen molar-refractivity contribution >= 4 is 5.97 Å². The van der Waals surface area contributed by atoms with Crippen molar-refractivity contribution in [2.45, 2.75) is 65.0 Å². The lowest BCUT2D eigenvalue weighted by atomic mass is 9.95. The van der Waals surface area contributed by atoms with Crippen LogP contribution in [0.1, 0.15) is 52.3 Å². The van der Waals surface area contributed by atoms with Gasteiger partial charge in [0.15, 0.2) is 0 Å². The Kier molecular flexibility index (Phi) is 6.71. The predicted molar refractivity (Wildman–Crippen MR) is 79.8 cm³/mol. The number of aryl methyl sites for hydroxylation is 2. The fourth-order valence-corrected chi connectivity index (χ4v) is 2.42. The van der Waals surface area contributed by atoms with Crippen LogP contribution in [-0.4, -0.2) is 32.7 Å². The molecule has 0 amide bonds. The Balaban J connectivity index is 2.40. The van der Waals surface area contributed by atoms with Gasteiger partial charge in [-0.15, -0.1) is 0 Å². The van der Waals surface area contributed by atoms with Crippen LogP contribution in [0.15, 0.2) is 12.4 Å². The molecule has 0 radical (unpaired) electrons. The number of hydrogen-bond acceptors (Lipinski definition) is 3. The van der Waals surface area contributed by atoms with Gasteiger partial charge in [0.2, 0.25) is 0 Å². The van der Waals surface area contributed by atoms with E-state index in [-0.39, 0.29) is 0 Å². The van der Waals surface area contributed by atoms with Crippen molar-refractivity contribution in [1.82, 2.24) is 14.9 Å². The summed E-state index contributed by atoms with van der Waals surface area (Å²) >= 11 is 0. The van der Waals surface area contributed by atoms with Crippen molar-refractivity contribution in [1.29, 1.82) is 0 Å². The summed E-state index contributed by atoms with van der Waals surface area (Å²) in [7, 11) is 0. The van der Waals surface area contributed by atoms with Crippen molar-refractivity contribution in [3.8, 4) is 0 Å². The molecule has 0 saturated heterocycles. The van der Waals surface area contributed by atoms with E-state index in [2.05, 4.69) is 21.8 Å². The summed E-state index contributed by atoms with van der Waals surface area (Å²) in [5, 5.41) is 12.3. The highest BCUT2D eigenvalue weighted by Gasteiger charge is 2.30. The fraction of sp³-hybridized carbons (Fsp3) is 0.733. The SMILES string of the molecule is CCCc1nccn1CCCCC(C)(NCC)C(=O)O. The average molecular weight is 281 g/mol. The number of nitrogens with one attached hydrogen (secondary N) is 1. The van der Waals surface area contributed by atoms with Crippen LogP contribution in [0.4, 0.5) is 0 Å². The van der Waals surface area contributed by atoms with Gasteiger partial charge in [0.05, 0.1) is 0 Å². The van der Waals surface area contributed by atoms with Crippen LogP contribution in [0.5, 0.6) is 0 Å². The molecule has 0 aromatic carbocycles. The molecule has 0 fully saturated rings. The number of rotatable bonds is 10. The molecule has 1 rings (SSSR count). The largest absolute Gasteiger partial charge is 0.480 e. The lowest BCUT2D eigenvalue weighted by Gasteiger charge is -2.25. The molecule has 0 aliphatic rings. The third-order valence-electron chi connectivity index (χ3n) is 3.64. The maximum Gasteiger partial charge on any atom is 0.323 e. The zero-order valence-electron chi connectivity index (χ0n) is 12.9. The van der Waals surface area contributed by atoms with Crippen LogP contribution < -0.4 is 5.32 Å². The van der Waals surface area contributed by atoms with Crippen molar-refractivity contribution in [3.63, 3.8) is 0 Å². The zero-order chi connectivity index (χ0) is 15.0. The van der Waals surface area contributed by atoms with Gasteiger partial charge in [-0.05, 0) is 39.2 Å². The Morgan fingerprint density at radius 1 is 1.45 bits per heavy atom. The summed E-state index contributed by atoms with van der Waals surface area (Å²) in [6.07, 6.45) is 8.44. The molecule has 1 heterocycles. The van der Waals surface area contributed by atoms with Gasteiger partial charge >= 0.3 is 5.97 Å². The van der Waals surface area contributed by atoms with E-state index in [9.17, 15) is 9.90 Å². The number of aromatic nitrogens is 2. The molecule has 1 aromatic heterocycles. The number of nitrogens with zero attached hydrogens (tertiary/aromatic N) is 2. The second-order valence-corrected chi connectivity index (χ2v) is 5.41. The van der Waals surface area contributed by atoms with Gasteiger partial charge in [-0.2, -0.15) is 0 Å². The maximum atomic E-state index is 11.3. The standard InChI is InChI=1S/C15H27N3O2/c1-4-8-13-16-10-12-18(13)11-7-6-9-15(3,14(19)20)17-5-2/h10,12,17H,4-9,11H2,1-3H3,(H,19,20). The lowest BCUT2D eigenvalue weighted by Crippen LogP contribution is -2.49. The number of hydrogen-bond donors (Lipinski definition) is 2. The molecule has 1 atom stereocenters. The maximum absolute atomic E-state index is 11.3. The summed E-state index contributed by atoms with van der Waals surface area (Å²) in [6, 6.07) is 0. The van der Waals surface area contributed by atoms with Gasteiger partial charge in [0.1, 0.15) is 11.4 Å². The number of carbonyl (C=O) groups is 1. The van der Waals surface area contributed by atoms with E-state index < -0.39 is 11.5 Å². The quantitative estimate of drug-likeness (QED) is 0.646. The van der Waals surface area contributed by atoms with Gasteiger partial charge in [-0.25, -0.2) is 4.98 Å². The van der Waals surface area contributed by atoms with Crippen LogP contribution in [0.25, 0.3) is 0 Å². The molecule has 0 saturated carbocycles. The van der Waals surface area contributed by atoms with Crippen LogP contribution in [0, 0.1) is 0 Å². The van der Waals surface area contributed by atoms with E-state index in [1.165, 1.54) is 0 Å². The number of unbranched alkanes of at least 4 members (excludes halogenated alkanes) is 1. The van der Waals surface area contributed by atoms with E-state index in [4.69, 9.17) is 0 Å². The summed E-state index contributed by atoms with van der Waals surface area (Å²) < 4.78 is 2.18. The van der Waals surface area contributed by atoms with E-state index in [1.807, 2.05) is 19.3 Å². The van der Waals surface area contributed by atoms with Gasteiger partial charge < -0.3 is 15.0 Å². The number of imidazole rings is 1. The fourth-order valence-electron chi connectivity index (χ4n) is 2.42. The Morgan fingerprint density at radius 3 is 2.80 bits per heavy atom. The molecule has 1 aromatic rings. The summed E-state index contributed by atoms with van der Waals surface area (Å²) in [5.74, 6) is 0.355. The first-order valence-electron chi connectivity index (χ1n) is 7.52. The summed E-state index contributed by atoms with van der Waals surface area (Å²) in [6.45, 7) is 7.43. The highest BCUT2D eigenvalue weighted by Crippen LogP contribution is 2.15. The molecule has 2 N–H and O–H groups in total. The minimum Gasteiger partial charge on any atom is -0.480 e. The monoisotopic (exact) mass is 281 g/mol. The highest BCUT2D eigenvalue weighted by molar-refractivity contribution is 5.78. The van der Waals surface area contributed by atoms with Gasteiger partial charge in [-0.1, -0.05) is 13.8 Å². The number of aliphatic carboxylic acids is 1. The molecule has 0 spiro atoms. The number of carboxylic acids is 1. The molecule has 0 aliphatic carbocycles. The van der Waals surface area contributed by atoms with Gasteiger partial charge in [0.25, 0.3) is 0 Å². The molecule has 5 heteroatoms. The normalized spacial score (nSPS) is 14.2. The first kappa shape index (κ1) is 16.7. The Morgan fingerprint density at radius 2 is 2.20 bits per heavy atom. The van der Waals surface area contributed by atoms with Crippen LogP contribution in [-0.2, 0) is 17.8 Å². The molecule has 114 valence electrons. The average Bonchev–Trinajstić information content (AvgIpc) is 2.83. The van der Waals surface area contributed by atoms with Crippen molar-refractivity contribution in [3.05, 3.63) is 18.2 Å². The molecule has 5 nitrogen and oxygen atoms in total. The second-order valence-electron chi connectivity index (χ2n) is 5.41. The predicted octanol–water partition coefficient (Wildman–Crippen LogP) is 2.46. The van der Waals surface area contributed by atoms with Gasteiger partial charge in [-0.3, -0.25) is 4.79 Å². The smallest absolute Gasteiger partial charge is 0.323 e. The minimum atomic E-state index is -0.810.